The van der Waals surface area contributed by atoms with E-state index in [0.717, 1.165) is 16.7 Å². The first kappa shape index (κ1) is 19.9. The number of ether oxygens (including phenoxy) is 2. The van der Waals surface area contributed by atoms with Crippen molar-refractivity contribution in [2.24, 2.45) is 0 Å². The summed E-state index contributed by atoms with van der Waals surface area (Å²) in [6.07, 6.45) is 0. The lowest BCUT2D eigenvalue weighted by molar-refractivity contribution is 0.355. The molecule has 3 rings (SSSR count). The Hall–Kier alpha value is -2.84. The third-order valence-corrected chi connectivity index (χ3v) is 5.71. The molecular formula is C20H22N2O5S. The van der Waals surface area contributed by atoms with Gasteiger partial charge in [0.2, 0.25) is 10.0 Å². The van der Waals surface area contributed by atoms with E-state index < -0.39 is 10.0 Å². The van der Waals surface area contributed by atoms with Crippen molar-refractivity contribution in [2.45, 2.75) is 25.3 Å². The zero-order valence-electron chi connectivity index (χ0n) is 16.1. The van der Waals surface area contributed by atoms with Crippen molar-refractivity contribution in [3.63, 3.8) is 0 Å². The van der Waals surface area contributed by atoms with Gasteiger partial charge in [0.25, 0.3) is 0 Å². The second-order valence-electron chi connectivity index (χ2n) is 6.31. The molecule has 0 spiro atoms. The summed E-state index contributed by atoms with van der Waals surface area (Å²) in [5.41, 5.74) is 3.34. The fourth-order valence-corrected chi connectivity index (χ4v) is 3.96. The number of sulfonamides is 1. The summed E-state index contributed by atoms with van der Waals surface area (Å²) in [6, 6.07) is 12.3. The molecule has 0 bridgehead atoms. The van der Waals surface area contributed by atoms with Crippen molar-refractivity contribution in [3.8, 4) is 22.6 Å². The number of methoxy groups -OCH3 is 2. The maximum atomic E-state index is 12.6. The van der Waals surface area contributed by atoms with Crippen LogP contribution in [0.15, 0.2) is 51.9 Å². The molecule has 1 N–H and O–H groups in total. The van der Waals surface area contributed by atoms with E-state index in [1.54, 1.807) is 45.4 Å². The molecule has 28 heavy (non-hydrogen) atoms. The Morgan fingerprint density at radius 2 is 1.75 bits per heavy atom. The smallest absolute Gasteiger partial charge is 0.240 e. The standard InChI is InChI=1S/C20H22N2O5S/c1-13-9-17(28(23,24)21-12-16-10-14(2)22-27-16)6-7-18(13)15-5-8-19(25-3)20(11-15)26-4/h5-11,21H,12H2,1-4H3. The number of nitrogens with zero attached hydrogens (tertiary/aromatic N) is 1. The second kappa shape index (κ2) is 8.04. The summed E-state index contributed by atoms with van der Waals surface area (Å²) < 4.78 is 43.3. The summed E-state index contributed by atoms with van der Waals surface area (Å²) in [4.78, 5) is 0.186. The molecule has 0 amide bonds. The van der Waals surface area contributed by atoms with Crippen LogP contribution in [0.3, 0.4) is 0 Å². The van der Waals surface area contributed by atoms with Gasteiger partial charge in [-0.2, -0.15) is 0 Å². The molecule has 148 valence electrons. The lowest BCUT2D eigenvalue weighted by Gasteiger charge is -2.13. The lowest BCUT2D eigenvalue weighted by atomic mass is 10.0. The van der Waals surface area contributed by atoms with Crippen LogP contribution in [-0.2, 0) is 16.6 Å². The van der Waals surface area contributed by atoms with Crippen LogP contribution >= 0.6 is 0 Å². The van der Waals surface area contributed by atoms with E-state index >= 15 is 0 Å². The summed E-state index contributed by atoms with van der Waals surface area (Å²) in [5, 5.41) is 3.75. The largest absolute Gasteiger partial charge is 0.493 e. The Morgan fingerprint density at radius 1 is 1.00 bits per heavy atom. The molecule has 0 aliphatic rings. The predicted molar refractivity (Wildman–Crippen MR) is 105 cm³/mol. The van der Waals surface area contributed by atoms with Gasteiger partial charge in [0.15, 0.2) is 17.3 Å². The van der Waals surface area contributed by atoms with Crippen molar-refractivity contribution in [1.82, 2.24) is 9.88 Å². The fourth-order valence-electron chi connectivity index (χ4n) is 2.88. The molecule has 3 aromatic rings. The van der Waals surface area contributed by atoms with Crippen LogP contribution in [0.25, 0.3) is 11.1 Å². The molecule has 7 nitrogen and oxygen atoms in total. The molecule has 0 saturated heterocycles. The Morgan fingerprint density at radius 3 is 2.36 bits per heavy atom. The molecule has 0 aliphatic heterocycles. The van der Waals surface area contributed by atoms with E-state index in [1.165, 1.54) is 0 Å². The second-order valence-corrected chi connectivity index (χ2v) is 8.07. The van der Waals surface area contributed by atoms with Crippen molar-refractivity contribution in [2.75, 3.05) is 14.2 Å². The molecule has 0 saturated carbocycles. The van der Waals surface area contributed by atoms with E-state index in [2.05, 4.69) is 9.88 Å². The Labute approximate surface area is 164 Å². The number of nitrogens with one attached hydrogen (secondary N) is 1. The third-order valence-electron chi connectivity index (χ3n) is 4.32. The van der Waals surface area contributed by atoms with E-state index in [4.69, 9.17) is 14.0 Å². The van der Waals surface area contributed by atoms with E-state index in [1.807, 2.05) is 25.1 Å². The topological polar surface area (TPSA) is 90.7 Å². The minimum Gasteiger partial charge on any atom is -0.493 e. The molecule has 0 aliphatic carbocycles. The van der Waals surface area contributed by atoms with Crippen LogP contribution in [-0.4, -0.2) is 27.8 Å². The van der Waals surface area contributed by atoms with Crippen molar-refractivity contribution >= 4 is 10.0 Å². The highest BCUT2D eigenvalue weighted by molar-refractivity contribution is 7.89. The number of aromatic nitrogens is 1. The van der Waals surface area contributed by atoms with Crippen molar-refractivity contribution < 1.29 is 22.4 Å². The molecule has 8 heteroatoms. The number of benzene rings is 2. The SMILES string of the molecule is COc1ccc(-c2ccc(S(=O)(=O)NCc3cc(C)no3)cc2C)cc1OC. The number of aryl methyl sites for hydroxylation is 2. The van der Waals surface area contributed by atoms with E-state index in [0.29, 0.717) is 23.0 Å². The van der Waals surface area contributed by atoms with Crippen LogP contribution in [0.4, 0.5) is 0 Å². The van der Waals surface area contributed by atoms with Gasteiger partial charge < -0.3 is 14.0 Å². The summed E-state index contributed by atoms with van der Waals surface area (Å²) in [6.45, 7) is 3.68. The highest BCUT2D eigenvalue weighted by atomic mass is 32.2. The zero-order valence-corrected chi connectivity index (χ0v) is 17.0. The average molecular weight is 402 g/mol. The molecule has 1 heterocycles. The monoisotopic (exact) mass is 402 g/mol. The Balaban J connectivity index is 1.85. The average Bonchev–Trinajstić information content (AvgIpc) is 3.11. The van der Waals surface area contributed by atoms with Gasteiger partial charge in [-0.1, -0.05) is 17.3 Å². The minimum absolute atomic E-state index is 0.0413. The van der Waals surface area contributed by atoms with Crippen LogP contribution < -0.4 is 14.2 Å². The van der Waals surface area contributed by atoms with Gasteiger partial charge in [-0.3, -0.25) is 0 Å². The molecule has 1 aromatic heterocycles. The highest BCUT2D eigenvalue weighted by Gasteiger charge is 2.17. The Kier molecular flexibility index (Phi) is 5.71. The maximum absolute atomic E-state index is 12.6. The minimum atomic E-state index is -3.68. The molecule has 0 unspecified atom stereocenters. The number of hydrogen-bond acceptors (Lipinski definition) is 6. The lowest BCUT2D eigenvalue weighted by Crippen LogP contribution is -2.23. The summed E-state index contributed by atoms with van der Waals surface area (Å²) in [7, 11) is -0.522. The van der Waals surface area contributed by atoms with Crippen LogP contribution in [0.1, 0.15) is 17.0 Å². The van der Waals surface area contributed by atoms with Gasteiger partial charge in [0, 0.05) is 6.07 Å². The van der Waals surface area contributed by atoms with Gasteiger partial charge in [0.1, 0.15) is 0 Å². The Bertz CT molecular complexity index is 1090. The fraction of sp³-hybridized carbons (Fsp3) is 0.250. The summed E-state index contributed by atoms with van der Waals surface area (Å²) in [5.74, 6) is 1.70. The quantitative estimate of drug-likeness (QED) is 0.651. The van der Waals surface area contributed by atoms with Crippen molar-refractivity contribution in [1.29, 1.82) is 0 Å². The first-order chi connectivity index (χ1) is 13.3. The van der Waals surface area contributed by atoms with E-state index in [-0.39, 0.29) is 11.4 Å². The molecule has 0 fully saturated rings. The molecular weight excluding hydrogens is 380 g/mol. The van der Waals surface area contributed by atoms with Crippen LogP contribution in [0.2, 0.25) is 0 Å². The first-order valence-electron chi connectivity index (χ1n) is 8.59. The number of rotatable bonds is 7. The summed E-state index contributed by atoms with van der Waals surface area (Å²) >= 11 is 0. The highest BCUT2D eigenvalue weighted by Crippen LogP contribution is 2.34. The zero-order chi connectivity index (χ0) is 20.3. The van der Waals surface area contributed by atoms with Crippen LogP contribution in [0, 0.1) is 13.8 Å². The molecule has 2 aromatic carbocycles. The maximum Gasteiger partial charge on any atom is 0.240 e. The number of hydrogen-bond donors (Lipinski definition) is 1. The van der Waals surface area contributed by atoms with Gasteiger partial charge in [-0.25, -0.2) is 13.1 Å². The van der Waals surface area contributed by atoms with Crippen LogP contribution in [0.5, 0.6) is 11.5 Å². The van der Waals surface area contributed by atoms with Gasteiger partial charge in [-0.15, -0.1) is 0 Å². The first-order valence-corrected chi connectivity index (χ1v) is 10.1. The third kappa shape index (κ3) is 4.18. The van der Waals surface area contributed by atoms with Gasteiger partial charge >= 0.3 is 0 Å². The van der Waals surface area contributed by atoms with Gasteiger partial charge in [-0.05, 0) is 54.8 Å². The predicted octanol–water partition coefficient (Wildman–Crippen LogP) is 3.45. The molecule has 0 atom stereocenters. The molecule has 0 radical (unpaired) electrons. The van der Waals surface area contributed by atoms with E-state index in [9.17, 15) is 8.42 Å². The van der Waals surface area contributed by atoms with Crippen molar-refractivity contribution in [3.05, 3.63) is 59.5 Å². The van der Waals surface area contributed by atoms with Gasteiger partial charge in [0.05, 0.1) is 31.4 Å². The normalized spacial score (nSPS) is 11.4.